The second-order valence-electron chi connectivity index (χ2n) is 4.87. The summed E-state index contributed by atoms with van der Waals surface area (Å²) in [7, 11) is 0. The van der Waals surface area contributed by atoms with Crippen LogP contribution in [0, 0.1) is 5.92 Å². The first kappa shape index (κ1) is 13.4. The Labute approximate surface area is 113 Å². The molecule has 1 aliphatic rings. The predicted octanol–water partition coefficient (Wildman–Crippen LogP) is 2.30. The molecule has 1 fully saturated rings. The van der Waals surface area contributed by atoms with Crippen LogP contribution in [0.3, 0.4) is 0 Å². The van der Waals surface area contributed by atoms with Crippen molar-refractivity contribution in [1.29, 1.82) is 0 Å². The van der Waals surface area contributed by atoms with Crippen LogP contribution in [0.25, 0.3) is 0 Å². The van der Waals surface area contributed by atoms with Crippen LogP contribution in [0.1, 0.15) is 18.4 Å². The van der Waals surface area contributed by atoms with E-state index in [0.29, 0.717) is 5.92 Å². The minimum absolute atomic E-state index is 0.636. The van der Waals surface area contributed by atoms with Crippen LogP contribution < -0.4 is 5.32 Å². The van der Waals surface area contributed by atoms with Crippen LogP contribution in [0.2, 0.25) is 5.02 Å². The minimum Gasteiger partial charge on any atom is -0.358 e. The molecule has 2 rings (SSSR count). The third-order valence-corrected chi connectivity index (χ3v) is 3.77. The molecule has 18 heavy (non-hydrogen) atoms. The van der Waals surface area contributed by atoms with Gasteiger partial charge >= 0.3 is 0 Å². The average molecular weight is 267 g/mol. The third kappa shape index (κ3) is 4.00. The molecule has 1 aromatic carbocycles. The van der Waals surface area contributed by atoms with Gasteiger partial charge in [0, 0.05) is 18.1 Å². The lowest BCUT2D eigenvalue weighted by atomic mass is 9.96. The Morgan fingerprint density at radius 1 is 1.28 bits per heavy atom. The fourth-order valence-electron chi connectivity index (χ4n) is 2.41. The molecule has 0 bridgehead atoms. The summed E-state index contributed by atoms with van der Waals surface area (Å²) >= 11 is 5.87. The number of piperidine rings is 1. The number of rotatable bonds is 5. The molecule has 3 nitrogen and oxygen atoms in total. The Kier molecular flexibility index (Phi) is 5.02. The van der Waals surface area contributed by atoms with E-state index < -0.39 is 0 Å². The molecule has 0 aliphatic carbocycles. The fraction of sp³-hybridized carbons (Fsp3) is 0.500. The lowest BCUT2D eigenvalue weighted by molar-refractivity contribution is -0.109. The van der Waals surface area contributed by atoms with E-state index in [4.69, 9.17) is 11.6 Å². The van der Waals surface area contributed by atoms with Gasteiger partial charge in [0.1, 0.15) is 0 Å². The summed E-state index contributed by atoms with van der Waals surface area (Å²) in [6.45, 7) is 4.02. The van der Waals surface area contributed by atoms with E-state index in [0.717, 1.165) is 50.5 Å². The number of benzene rings is 1. The molecule has 1 saturated heterocycles. The van der Waals surface area contributed by atoms with Crippen molar-refractivity contribution < 1.29 is 4.79 Å². The minimum atomic E-state index is 0.636. The summed E-state index contributed by atoms with van der Waals surface area (Å²) in [6, 6.07) is 8.06. The van der Waals surface area contributed by atoms with Gasteiger partial charge in [-0.3, -0.25) is 9.69 Å². The number of amides is 1. The normalized spacial score (nSPS) is 17.6. The van der Waals surface area contributed by atoms with E-state index in [1.807, 2.05) is 12.1 Å². The SMILES string of the molecule is O=CNCC1CCN(Cc2ccc(Cl)cc2)CC1. The fourth-order valence-corrected chi connectivity index (χ4v) is 2.54. The van der Waals surface area contributed by atoms with E-state index in [1.54, 1.807) is 0 Å². The molecular weight excluding hydrogens is 248 g/mol. The first-order valence-electron chi connectivity index (χ1n) is 6.42. The highest BCUT2D eigenvalue weighted by molar-refractivity contribution is 6.30. The van der Waals surface area contributed by atoms with Gasteiger partial charge in [-0.1, -0.05) is 23.7 Å². The Bertz CT molecular complexity index is 372. The first-order chi connectivity index (χ1) is 8.78. The summed E-state index contributed by atoms with van der Waals surface area (Å²) < 4.78 is 0. The Morgan fingerprint density at radius 3 is 2.56 bits per heavy atom. The average Bonchev–Trinajstić information content (AvgIpc) is 2.41. The zero-order valence-corrected chi connectivity index (χ0v) is 11.2. The number of hydrogen-bond acceptors (Lipinski definition) is 2. The van der Waals surface area contributed by atoms with Crippen LogP contribution in [0.15, 0.2) is 24.3 Å². The van der Waals surface area contributed by atoms with Crippen LogP contribution >= 0.6 is 11.6 Å². The Balaban J connectivity index is 1.76. The van der Waals surface area contributed by atoms with Crippen molar-refractivity contribution in [3.8, 4) is 0 Å². The van der Waals surface area contributed by atoms with E-state index in [-0.39, 0.29) is 0 Å². The highest BCUT2D eigenvalue weighted by Gasteiger charge is 2.18. The smallest absolute Gasteiger partial charge is 0.207 e. The van der Waals surface area contributed by atoms with Gasteiger partial charge in [-0.2, -0.15) is 0 Å². The molecule has 1 N–H and O–H groups in total. The van der Waals surface area contributed by atoms with Crippen molar-refractivity contribution in [2.24, 2.45) is 5.92 Å². The van der Waals surface area contributed by atoms with Crippen LogP contribution in [0.4, 0.5) is 0 Å². The lowest BCUT2D eigenvalue weighted by Crippen LogP contribution is -2.36. The van der Waals surface area contributed by atoms with E-state index in [9.17, 15) is 4.79 Å². The Hall–Kier alpha value is -1.06. The maximum absolute atomic E-state index is 10.2. The number of halogens is 1. The van der Waals surface area contributed by atoms with Gasteiger partial charge in [-0.25, -0.2) is 0 Å². The van der Waals surface area contributed by atoms with E-state index in [1.165, 1.54) is 5.56 Å². The second-order valence-corrected chi connectivity index (χ2v) is 5.31. The summed E-state index contributed by atoms with van der Waals surface area (Å²) in [5.41, 5.74) is 1.31. The van der Waals surface area contributed by atoms with Crippen molar-refractivity contribution in [1.82, 2.24) is 10.2 Å². The highest BCUT2D eigenvalue weighted by atomic mass is 35.5. The van der Waals surface area contributed by atoms with Crippen molar-refractivity contribution >= 4 is 18.0 Å². The third-order valence-electron chi connectivity index (χ3n) is 3.52. The quantitative estimate of drug-likeness (QED) is 0.830. The lowest BCUT2D eigenvalue weighted by Gasteiger charge is -2.31. The van der Waals surface area contributed by atoms with Crippen molar-refractivity contribution in [3.05, 3.63) is 34.9 Å². The molecule has 1 heterocycles. The Morgan fingerprint density at radius 2 is 1.94 bits per heavy atom. The van der Waals surface area contributed by atoms with Gasteiger partial charge in [0.2, 0.25) is 6.41 Å². The summed E-state index contributed by atoms with van der Waals surface area (Å²) in [5, 5.41) is 3.56. The van der Waals surface area contributed by atoms with Gasteiger partial charge in [-0.15, -0.1) is 0 Å². The van der Waals surface area contributed by atoms with Gasteiger partial charge < -0.3 is 5.32 Å². The second kappa shape index (κ2) is 6.76. The predicted molar refractivity (Wildman–Crippen MR) is 73.5 cm³/mol. The maximum Gasteiger partial charge on any atom is 0.207 e. The molecule has 0 atom stereocenters. The summed E-state index contributed by atoms with van der Waals surface area (Å²) in [4.78, 5) is 12.7. The van der Waals surface area contributed by atoms with E-state index >= 15 is 0 Å². The van der Waals surface area contributed by atoms with Crippen LogP contribution in [-0.2, 0) is 11.3 Å². The zero-order valence-electron chi connectivity index (χ0n) is 10.4. The van der Waals surface area contributed by atoms with Gasteiger partial charge in [0.25, 0.3) is 0 Å². The van der Waals surface area contributed by atoms with Gasteiger partial charge in [0.05, 0.1) is 0 Å². The largest absolute Gasteiger partial charge is 0.358 e. The number of carbonyl (C=O) groups is 1. The number of carbonyl (C=O) groups excluding carboxylic acids is 1. The summed E-state index contributed by atoms with van der Waals surface area (Å²) in [6.07, 6.45) is 3.11. The van der Waals surface area contributed by atoms with Crippen molar-refractivity contribution in [2.45, 2.75) is 19.4 Å². The zero-order chi connectivity index (χ0) is 12.8. The molecule has 0 saturated carbocycles. The molecule has 1 amide bonds. The monoisotopic (exact) mass is 266 g/mol. The van der Waals surface area contributed by atoms with Crippen LogP contribution in [-0.4, -0.2) is 30.9 Å². The van der Waals surface area contributed by atoms with Crippen molar-refractivity contribution in [3.63, 3.8) is 0 Å². The first-order valence-corrected chi connectivity index (χ1v) is 6.79. The van der Waals surface area contributed by atoms with Crippen LogP contribution in [0.5, 0.6) is 0 Å². The number of nitrogens with zero attached hydrogens (tertiary/aromatic N) is 1. The molecule has 0 spiro atoms. The molecule has 4 heteroatoms. The molecule has 0 aromatic heterocycles. The van der Waals surface area contributed by atoms with Gasteiger partial charge in [0.15, 0.2) is 0 Å². The van der Waals surface area contributed by atoms with Gasteiger partial charge in [-0.05, 0) is 49.5 Å². The highest BCUT2D eigenvalue weighted by Crippen LogP contribution is 2.19. The molecule has 1 aliphatic heterocycles. The molecule has 0 unspecified atom stereocenters. The molecule has 98 valence electrons. The van der Waals surface area contributed by atoms with Crippen molar-refractivity contribution in [2.75, 3.05) is 19.6 Å². The standard InChI is InChI=1S/C14H19ClN2O/c15-14-3-1-13(2-4-14)10-17-7-5-12(6-8-17)9-16-11-18/h1-4,11-12H,5-10H2,(H,16,18). The molecular formula is C14H19ClN2O. The maximum atomic E-state index is 10.2. The number of hydrogen-bond donors (Lipinski definition) is 1. The summed E-state index contributed by atoms with van der Waals surface area (Å²) in [5.74, 6) is 0.636. The molecule has 0 radical (unpaired) electrons. The van der Waals surface area contributed by atoms with E-state index in [2.05, 4.69) is 22.3 Å². The molecule has 1 aromatic rings. The topological polar surface area (TPSA) is 32.3 Å². The number of nitrogens with one attached hydrogen (secondary N) is 1. The number of likely N-dealkylation sites (tertiary alicyclic amines) is 1.